The van der Waals surface area contributed by atoms with Crippen molar-refractivity contribution in [3.63, 3.8) is 0 Å². The molecule has 0 radical (unpaired) electrons. The van der Waals surface area contributed by atoms with E-state index in [2.05, 4.69) is 82.6 Å². The predicted octanol–water partition coefficient (Wildman–Crippen LogP) is 3.89. The largest absolute Gasteiger partial charge is 0.295 e. The highest BCUT2D eigenvalue weighted by Crippen LogP contribution is 2.09. The molecule has 1 heterocycles. The molecule has 0 saturated carbocycles. The van der Waals surface area contributed by atoms with Crippen molar-refractivity contribution >= 4 is 12.3 Å². The quantitative estimate of drug-likeness (QED) is 0.779. The lowest BCUT2D eigenvalue weighted by Gasteiger charge is -2.33. The van der Waals surface area contributed by atoms with Crippen LogP contribution in [0, 0.1) is 0 Å². The Morgan fingerprint density at radius 1 is 0.917 bits per heavy atom. The Bertz CT molecular complexity index is 669. The molecule has 3 heteroatoms. The van der Waals surface area contributed by atoms with Crippen molar-refractivity contribution in [2.24, 2.45) is 5.10 Å². The van der Waals surface area contributed by atoms with Gasteiger partial charge in [0.05, 0.1) is 0 Å². The summed E-state index contributed by atoms with van der Waals surface area (Å²) < 4.78 is 0. The lowest BCUT2D eigenvalue weighted by molar-refractivity contribution is 0.131. The van der Waals surface area contributed by atoms with Crippen molar-refractivity contribution in [1.29, 1.82) is 0 Å². The fraction of sp³-hybridized carbons (Fsp3) is 0.286. The van der Waals surface area contributed by atoms with E-state index in [1.165, 1.54) is 16.7 Å². The number of allylic oxidation sites excluding steroid dienone is 1. The van der Waals surface area contributed by atoms with Crippen LogP contribution in [0.25, 0.3) is 6.08 Å². The zero-order valence-corrected chi connectivity index (χ0v) is 14.3. The number of piperazine rings is 1. The number of hydrogen-bond acceptors (Lipinski definition) is 3. The highest BCUT2D eigenvalue weighted by molar-refractivity contribution is 5.84. The van der Waals surface area contributed by atoms with Gasteiger partial charge in [-0.2, -0.15) is 5.10 Å². The molecule has 0 aliphatic carbocycles. The molecule has 24 heavy (non-hydrogen) atoms. The van der Waals surface area contributed by atoms with E-state index in [-0.39, 0.29) is 0 Å². The summed E-state index contributed by atoms with van der Waals surface area (Å²) in [6.07, 6.45) is 4.13. The first-order valence-corrected chi connectivity index (χ1v) is 8.58. The van der Waals surface area contributed by atoms with Gasteiger partial charge in [-0.05, 0) is 23.6 Å². The summed E-state index contributed by atoms with van der Waals surface area (Å²) in [7, 11) is 0. The van der Waals surface area contributed by atoms with Crippen molar-refractivity contribution in [3.8, 4) is 0 Å². The van der Waals surface area contributed by atoms with Crippen LogP contribution in [0.1, 0.15) is 18.1 Å². The zero-order valence-electron chi connectivity index (χ0n) is 14.3. The Hall–Kier alpha value is -2.39. The van der Waals surface area contributed by atoms with Crippen LogP contribution in [0.4, 0.5) is 0 Å². The Morgan fingerprint density at radius 3 is 2.21 bits per heavy atom. The summed E-state index contributed by atoms with van der Waals surface area (Å²) in [5.74, 6) is 0. The summed E-state index contributed by atoms with van der Waals surface area (Å²) >= 11 is 0. The van der Waals surface area contributed by atoms with E-state index in [0.29, 0.717) is 0 Å². The van der Waals surface area contributed by atoms with Crippen LogP contribution in [0.5, 0.6) is 0 Å². The molecule has 0 spiro atoms. The van der Waals surface area contributed by atoms with Crippen molar-refractivity contribution in [2.75, 3.05) is 26.2 Å². The molecule has 0 N–H and O–H groups in total. The second-order valence-electron chi connectivity index (χ2n) is 6.26. The summed E-state index contributed by atoms with van der Waals surface area (Å²) in [6, 6.07) is 21.1. The molecule has 1 aliphatic heterocycles. The van der Waals surface area contributed by atoms with E-state index < -0.39 is 0 Å². The first-order chi connectivity index (χ1) is 11.8. The second-order valence-corrected chi connectivity index (χ2v) is 6.26. The summed E-state index contributed by atoms with van der Waals surface area (Å²) in [5.41, 5.74) is 3.78. The van der Waals surface area contributed by atoms with Gasteiger partial charge in [0.1, 0.15) is 0 Å². The minimum absolute atomic E-state index is 0.988. The third-order valence-corrected chi connectivity index (χ3v) is 4.22. The van der Waals surface area contributed by atoms with Crippen LogP contribution in [0.15, 0.2) is 71.3 Å². The first-order valence-electron chi connectivity index (χ1n) is 8.58. The van der Waals surface area contributed by atoms with E-state index in [1.807, 2.05) is 12.3 Å². The van der Waals surface area contributed by atoms with Gasteiger partial charge >= 0.3 is 0 Å². The summed E-state index contributed by atoms with van der Waals surface area (Å²) in [6.45, 7) is 7.23. The first kappa shape index (κ1) is 16.5. The van der Waals surface area contributed by atoms with Gasteiger partial charge in [-0.25, -0.2) is 0 Å². The molecule has 0 aromatic heterocycles. The van der Waals surface area contributed by atoms with Crippen molar-refractivity contribution < 1.29 is 0 Å². The van der Waals surface area contributed by atoms with Crippen molar-refractivity contribution in [1.82, 2.24) is 9.91 Å². The molecule has 3 nitrogen and oxygen atoms in total. The van der Waals surface area contributed by atoms with Gasteiger partial charge in [0.2, 0.25) is 0 Å². The van der Waals surface area contributed by atoms with Gasteiger partial charge in [-0.1, -0.05) is 66.7 Å². The van der Waals surface area contributed by atoms with Crippen LogP contribution in [-0.4, -0.2) is 42.3 Å². The summed E-state index contributed by atoms with van der Waals surface area (Å²) in [5, 5.41) is 6.80. The van der Waals surface area contributed by atoms with Crippen molar-refractivity contribution in [3.05, 3.63) is 77.4 Å². The maximum atomic E-state index is 4.63. The Morgan fingerprint density at radius 2 is 1.54 bits per heavy atom. The highest BCUT2D eigenvalue weighted by atomic mass is 15.5. The molecule has 0 amide bonds. The van der Waals surface area contributed by atoms with E-state index in [0.717, 1.165) is 32.7 Å². The number of hydrazone groups is 1. The topological polar surface area (TPSA) is 18.8 Å². The molecule has 0 bridgehead atoms. The maximum absolute atomic E-state index is 4.63. The van der Waals surface area contributed by atoms with Gasteiger partial charge in [-0.15, -0.1) is 0 Å². The number of rotatable bonds is 5. The summed E-state index contributed by atoms with van der Waals surface area (Å²) in [4.78, 5) is 2.49. The lowest BCUT2D eigenvalue weighted by Crippen LogP contribution is -2.43. The fourth-order valence-corrected chi connectivity index (χ4v) is 2.87. The van der Waals surface area contributed by atoms with Gasteiger partial charge in [0.25, 0.3) is 0 Å². The molecular weight excluding hydrogens is 294 g/mol. The molecule has 0 atom stereocenters. The van der Waals surface area contributed by atoms with Crippen LogP contribution in [-0.2, 0) is 6.54 Å². The standard InChI is InChI=1S/C21H25N3/c1-19(16-20-8-4-2-5-9-20)17-22-24-14-12-23(13-15-24)18-21-10-6-3-7-11-21/h2-11,16-17H,12-15,18H2,1H3/b19-16-,22-17?. The van der Waals surface area contributed by atoms with Crippen LogP contribution < -0.4 is 0 Å². The van der Waals surface area contributed by atoms with E-state index in [1.54, 1.807) is 0 Å². The van der Waals surface area contributed by atoms with Gasteiger partial charge < -0.3 is 0 Å². The number of benzene rings is 2. The average Bonchev–Trinajstić information content (AvgIpc) is 2.63. The molecule has 1 aliphatic rings. The molecular formula is C21H25N3. The zero-order chi connectivity index (χ0) is 16.6. The smallest absolute Gasteiger partial charge is 0.0499 e. The van der Waals surface area contributed by atoms with Crippen LogP contribution in [0.3, 0.4) is 0 Å². The third-order valence-electron chi connectivity index (χ3n) is 4.22. The van der Waals surface area contributed by atoms with Gasteiger partial charge in [-0.3, -0.25) is 9.91 Å². The van der Waals surface area contributed by atoms with E-state index in [9.17, 15) is 0 Å². The average molecular weight is 319 g/mol. The minimum Gasteiger partial charge on any atom is -0.295 e. The van der Waals surface area contributed by atoms with Crippen LogP contribution >= 0.6 is 0 Å². The minimum atomic E-state index is 0.988. The van der Waals surface area contributed by atoms with Gasteiger partial charge in [0, 0.05) is 38.9 Å². The molecule has 2 aromatic carbocycles. The SMILES string of the molecule is C/C(C=NN1CCN(Cc2ccccc2)CC1)=C/c1ccccc1. The maximum Gasteiger partial charge on any atom is 0.0499 e. The number of hydrogen-bond donors (Lipinski definition) is 0. The van der Waals surface area contributed by atoms with E-state index >= 15 is 0 Å². The molecule has 1 fully saturated rings. The second kappa shape index (κ2) is 8.46. The van der Waals surface area contributed by atoms with Crippen molar-refractivity contribution in [2.45, 2.75) is 13.5 Å². The Balaban J connectivity index is 1.47. The monoisotopic (exact) mass is 319 g/mol. The molecule has 1 saturated heterocycles. The molecule has 124 valence electrons. The Kier molecular flexibility index (Phi) is 5.80. The molecule has 2 aromatic rings. The van der Waals surface area contributed by atoms with E-state index in [4.69, 9.17) is 0 Å². The van der Waals surface area contributed by atoms with Crippen LogP contribution in [0.2, 0.25) is 0 Å². The Labute approximate surface area is 144 Å². The predicted molar refractivity (Wildman–Crippen MR) is 102 cm³/mol. The van der Waals surface area contributed by atoms with Gasteiger partial charge in [0.15, 0.2) is 0 Å². The fourth-order valence-electron chi connectivity index (χ4n) is 2.87. The normalized spacial score (nSPS) is 16.7. The highest BCUT2D eigenvalue weighted by Gasteiger charge is 2.15. The lowest BCUT2D eigenvalue weighted by atomic mass is 10.1. The number of nitrogens with zero attached hydrogens (tertiary/aromatic N) is 3. The third kappa shape index (κ3) is 5.07. The molecule has 0 unspecified atom stereocenters. The molecule has 3 rings (SSSR count).